The van der Waals surface area contributed by atoms with E-state index in [0.717, 1.165) is 25.3 Å². The average Bonchev–Trinajstić information content (AvgIpc) is 2.45. The monoisotopic (exact) mass is 299 g/mol. The Morgan fingerprint density at radius 2 is 1.95 bits per heavy atom. The summed E-state index contributed by atoms with van der Waals surface area (Å²) in [6, 6.07) is 2.09. The Bertz CT molecular complexity index is 561. The smallest absolute Gasteiger partial charge is 0.330 e. The molecule has 0 fully saturated rings. The van der Waals surface area contributed by atoms with E-state index < -0.39 is 33.2 Å². The zero-order valence-corrected chi connectivity index (χ0v) is 11.3. The van der Waals surface area contributed by atoms with Gasteiger partial charge in [0, 0.05) is 13.2 Å². The number of rotatable bonds is 7. The maximum absolute atomic E-state index is 11.5. The van der Waals surface area contributed by atoms with E-state index in [1.807, 2.05) is 0 Å². The molecule has 1 unspecified atom stereocenters. The van der Waals surface area contributed by atoms with E-state index in [-0.39, 0.29) is 12.3 Å². The molecule has 1 N–H and O–H groups in total. The van der Waals surface area contributed by atoms with Gasteiger partial charge in [0.15, 0.2) is 0 Å². The van der Waals surface area contributed by atoms with Crippen molar-refractivity contribution in [1.29, 1.82) is 0 Å². The molecule has 0 bridgehead atoms. The Morgan fingerprint density at radius 3 is 2.43 bits per heavy atom. The van der Waals surface area contributed by atoms with Crippen LogP contribution in [0.1, 0.15) is 0 Å². The predicted molar refractivity (Wildman–Crippen MR) is 71.1 cm³/mol. The van der Waals surface area contributed by atoms with Gasteiger partial charge in [-0.2, -0.15) is 0 Å². The Morgan fingerprint density at radius 1 is 1.29 bits per heavy atom. The molecule has 1 aromatic rings. The number of anilines is 1. The van der Waals surface area contributed by atoms with Crippen molar-refractivity contribution in [2.75, 3.05) is 26.1 Å². The molecule has 10 nitrogen and oxygen atoms in total. The summed E-state index contributed by atoms with van der Waals surface area (Å²) in [5.41, 5.74) is -0.985. The summed E-state index contributed by atoms with van der Waals surface area (Å²) in [6.45, 7) is -0.0825. The SMILES string of the molecule is COCC(Nc1ccc([N+](=O)[O-])cc1[N+](=O)[O-])C(=O)OC. The standard InChI is InChI=1S/C11H13N3O7/c1-20-6-9(11(15)21-2)12-8-4-3-7(13(16)17)5-10(8)14(18)19/h3-5,9,12H,6H2,1-2H3. The van der Waals surface area contributed by atoms with Crippen molar-refractivity contribution in [3.63, 3.8) is 0 Å². The number of methoxy groups -OCH3 is 2. The fourth-order valence-electron chi connectivity index (χ4n) is 1.57. The fraction of sp³-hybridized carbons (Fsp3) is 0.364. The van der Waals surface area contributed by atoms with Crippen LogP contribution in [0.3, 0.4) is 0 Å². The third-order valence-electron chi connectivity index (χ3n) is 2.54. The van der Waals surface area contributed by atoms with E-state index in [1.165, 1.54) is 7.11 Å². The number of non-ortho nitro benzene ring substituents is 1. The Hall–Kier alpha value is -2.75. The van der Waals surface area contributed by atoms with E-state index in [0.29, 0.717) is 0 Å². The number of nitrogens with zero attached hydrogens (tertiary/aromatic N) is 2. The maximum Gasteiger partial charge on any atom is 0.330 e. The second-order valence-corrected chi connectivity index (χ2v) is 3.89. The third kappa shape index (κ3) is 4.11. The number of hydrogen-bond acceptors (Lipinski definition) is 8. The van der Waals surface area contributed by atoms with Gasteiger partial charge in [-0.05, 0) is 6.07 Å². The number of nitrogens with one attached hydrogen (secondary N) is 1. The van der Waals surface area contributed by atoms with Crippen LogP contribution < -0.4 is 5.32 Å². The minimum atomic E-state index is -0.972. The summed E-state index contributed by atoms with van der Waals surface area (Å²) in [4.78, 5) is 31.6. The fourth-order valence-corrected chi connectivity index (χ4v) is 1.57. The van der Waals surface area contributed by atoms with Crippen molar-refractivity contribution in [3.05, 3.63) is 38.4 Å². The quantitative estimate of drug-likeness (QED) is 0.449. The molecule has 0 aromatic heterocycles. The van der Waals surface area contributed by atoms with Gasteiger partial charge < -0.3 is 14.8 Å². The Balaban J connectivity index is 3.13. The largest absolute Gasteiger partial charge is 0.467 e. The molecular weight excluding hydrogens is 286 g/mol. The average molecular weight is 299 g/mol. The normalized spacial score (nSPS) is 11.5. The first-order valence-electron chi connectivity index (χ1n) is 5.66. The number of carbonyl (C=O) groups is 1. The van der Waals surface area contributed by atoms with Gasteiger partial charge in [0.05, 0.1) is 29.6 Å². The number of nitro groups is 2. The van der Waals surface area contributed by atoms with Crippen LogP contribution in [-0.2, 0) is 14.3 Å². The van der Waals surface area contributed by atoms with Crippen LogP contribution in [0.5, 0.6) is 0 Å². The zero-order chi connectivity index (χ0) is 16.0. The van der Waals surface area contributed by atoms with Crippen LogP contribution in [0.25, 0.3) is 0 Å². The van der Waals surface area contributed by atoms with Crippen molar-refractivity contribution in [1.82, 2.24) is 0 Å². The summed E-state index contributed by atoms with van der Waals surface area (Å²) in [6.07, 6.45) is 0. The van der Waals surface area contributed by atoms with E-state index >= 15 is 0 Å². The molecule has 0 heterocycles. The molecule has 114 valence electrons. The van der Waals surface area contributed by atoms with Crippen LogP contribution in [0.4, 0.5) is 17.1 Å². The highest BCUT2D eigenvalue weighted by atomic mass is 16.6. The zero-order valence-electron chi connectivity index (χ0n) is 11.3. The van der Waals surface area contributed by atoms with E-state index in [1.54, 1.807) is 0 Å². The number of ether oxygens (including phenoxy) is 2. The van der Waals surface area contributed by atoms with Crippen molar-refractivity contribution < 1.29 is 24.1 Å². The van der Waals surface area contributed by atoms with Gasteiger partial charge in [0.2, 0.25) is 0 Å². The van der Waals surface area contributed by atoms with Gasteiger partial charge in [-0.25, -0.2) is 4.79 Å². The lowest BCUT2D eigenvalue weighted by atomic mass is 10.2. The molecule has 1 aromatic carbocycles. The van der Waals surface area contributed by atoms with Crippen LogP contribution in [0.2, 0.25) is 0 Å². The number of hydrogen-bond donors (Lipinski definition) is 1. The molecule has 10 heteroatoms. The Kier molecular flexibility index (Phi) is 5.55. The van der Waals surface area contributed by atoms with Crippen molar-refractivity contribution in [3.8, 4) is 0 Å². The van der Waals surface area contributed by atoms with Gasteiger partial charge in [0.25, 0.3) is 11.4 Å². The molecule has 0 saturated heterocycles. The molecule has 21 heavy (non-hydrogen) atoms. The maximum atomic E-state index is 11.5. The molecule has 1 rings (SSSR count). The van der Waals surface area contributed by atoms with Crippen molar-refractivity contribution in [2.45, 2.75) is 6.04 Å². The van der Waals surface area contributed by atoms with Crippen LogP contribution in [0.15, 0.2) is 18.2 Å². The van der Waals surface area contributed by atoms with E-state index in [2.05, 4.69) is 10.1 Å². The van der Waals surface area contributed by atoms with Gasteiger partial charge in [-0.1, -0.05) is 0 Å². The summed E-state index contributed by atoms with van der Waals surface area (Å²) < 4.78 is 9.36. The first kappa shape index (κ1) is 16.3. The molecular formula is C11H13N3O7. The summed E-state index contributed by atoms with van der Waals surface area (Å²) in [7, 11) is 2.51. The van der Waals surface area contributed by atoms with E-state index in [4.69, 9.17) is 4.74 Å². The summed E-state index contributed by atoms with van der Waals surface area (Å²) >= 11 is 0. The second kappa shape index (κ2) is 7.14. The highest BCUT2D eigenvalue weighted by Gasteiger charge is 2.25. The molecule has 0 aliphatic carbocycles. The van der Waals surface area contributed by atoms with Gasteiger partial charge in [-0.15, -0.1) is 0 Å². The molecule has 0 aliphatic heterocycles. The predicted octanol–water partition coefficient (Wildman–Crippen LogP) is 1.10. The number of esters is 1. The molecule has 0 amide bonds. The molecule has 0 saturated carbocycles. The van der Waals surface area contributed by atoms with Crippen LogP contribution in [0, 0.1) is 20.2 Å². The van der Waals surface area contributed by atoms with Crippen LogP contribution in [-0.4, -0.2) is 42.7 Å². The number of benzene rings is 1. The minimum Gasteiger partial charge on any atom is -0.467 e. The third-order valence-corrected chi connectivity index (χ3v) is 2.54. The first-order chi connectivity index (χ1) is 9.90. The highest BCUT2D eigenvalue weighted by molar-refractivity contribution is 5.81. The van der Waals surface area contributed by atoms with Crippen LogP contribution >= 0.6 is 0 Å². The number of carbonyl (C=O) groups excluding carboxylic acids is 1. The molecule has 0 spiro atoms. The van der Waals surface area contributed by atoms with Gasteiger partial charge in [-0.3, -0.25) is 20.2 Å². The topological polar surface area (TPSA) is 134 Å². The summed E-state index contributed by atoms with van der Waals surface area (Å²) in [5.74, 6) is -0.676. The van der Waals surface area contributed by atoms with E-state index in [9.17, 15) is 25.0 Å². The molecule has 1 atom stereocenters. The Labute approximate surface area is 119 Å². The highest BCUT2D eigenvalue weighted by Crippen LogP contribution is 2.29. The molecule has 0 aliphatic rings. The first-order valence-corrected chi connectivity index (χ1v) is 5.66. The van der Waals surface area contributed by atoms with Crippen molar-refractivity contribution in [2.24, 2.45) is 0 Å². The lowest BCUT2D eigenvalue weighted by Crippen LogP contribution is -2.35. The summed E-state index contributed by atoms with van der Waals surface area (Å²) in [5, 5.41) is 24.2. The minimum absolute atomic E-state index is 0.0435. The van der Waals surface area contributed by atoms with Gasteiger partial charge >= 0.3 is 5.97 Å². The molecule has 0 radical (unpaired) electrons. The number of nitro benzene ring substituents is 2. The van der Waals surface area contributed by atoms with Gasteiger partial charge in [0.1, 0.15) is 11.7 Å². The lowest BCUT2D eigenvalue weighted by Gasteiger charge is -2.16. The lowest BCUT2D eigenvalue weighted by molar-refractivity contribution is -0.393. The second-order valence-electron chi connectivity index (χ2n) is 3.89. The van der Waals surface area contributed by atoms with Crippen molar-refractivity contribution >= 4 is 23.0 Å².